The van der Waals surface area contributed by atoms with E-state index in [1.807, 2.05) is 30.3 Å². The molecule has 4 aliphatic rings. The van der Waals surface area contributed by atoms with E-state index >= 15 is 0 Å². The highest BCUT2D eigenvalue weighted by molar-refractivity contribution is 6.32. The third-order valence-electron chi connectivity index (χ3n) is 11.7. The van der Waals surface area contributed by atoms with Crippen molar-refractivity contribution in [1.82, 2.24) is 4.98 Å². The summed E-state index contributed by atoms with van der Waals surface area (Å²) in [4.78, 5) is 64.6. The van der Waals surface area contributed by atoms with Crippen molar-refractivity contribution in [3.63, 3.8) is 0 Å². The zero-order chi connectivity index (χ0) is 37.8. The number of imide groups is 2. The SMILES string of the molecule is COc1cc(C2C3=CCC4C(=O)N(c5ccc(-c6nc7ccccc7o6)cc5)C(=O)C4C3CC3C(=O)N(c4ccc(F)c(Cl)c4)C(=O)C32C)cc(Cl)c1O. The number of benzene rings is 4. The smallest absolute Gasteiger partial charge is 0.241 e. The molecule has 3 heterocycles. The molecule has 0 spiro atoms. The van der Waals surface area contributed by atoms with Crippen molar-refractivity contribution in [2.24, 2.45) is 29.1 Å². The Labute approximate surface area is 317 Å². The summed E-state index contributed by atoms with van der Waals surface area (Å²) in [5, 5.41) is 10.4. The normalized spacial score (nSPS) is 26.2. The minimum Gasteiger partial charge on any atom is -0.503 e. The molecule has 1 saturated carbocycles. The largest absolute Gasteiger partial charge is 0.503 e. The number of anilines is 2. The molecule has 1 N–H and O–H groups in total. The lowest BCUT2D eigenvalue weighted by atomic mass is 9.51. The lowest BCUT2D eigenvalue weighted by Gasteiger charge is -2.49. The lowest BCUT2D eigenvalue weighted by molar-refractivity contribution is -0.131. The minimum absolute atomic E-state index is 0.0283. The molecule has 1 aromatic heterocycles. The van der Waals surface area contributed by atoms with Gasteiger partial charge in [-0.15, -0.1) is 0 Å². The average molecular weight is 767 g/mol. The summed E-state index contributed by atoms with van der Waals surface area (Å²) in [7, 11) is 1.37. The van der Waals surface area contributed by atoms with Crippen molar-refractivity contribution >= 4 is 69.3 Å². The number of para-hydroxylation sites is 2. The molecule has 5 aromatic rings. The van der Waals surface area contributed by atoms with Crippen LogP contribution in [0.15, 0.2) is 94.9 Å². The number of aromatic nitrogens is 1. The average Bonchev–Trinajstić information content (AvgIpc) is 3.77. The molecule has 13 heteroatoms. The maximum Gasteiger partial charge on any atom is 0.241 e. The topological polar surface area (TPSA) is 130 Å². The second-order valence-corrected chi connectivity index (χ2v) is 15.2. The van der Waals surface area contributed by atoms with Crippen molar-refractivity contribution in [1.29, 1.82) is 0 Å². The second kappa shape index (κ2) is 12.3. The van der Waals surface area contributed by atoms with E-state index in [4.69, 9.17) is 32.4 Å². The van der Waals surface area contributed by atoms with Gasteiger partial charge in [0.1, 0.15) is 11.3 Å². The van der Waals surface area contributed by atoms with Crippen LogP contribution in [-0.2, 0) is 19.2 Å². The third-order valence-corrected chi connectivity index (χ3v) is 12.3. The molecule has 4 aromatic carbocycles. The highest BCUT2D eigenvalue weighted by atomic mass is 35.5. The van der Waals surface area contributed by atoms with E-state index in [9.17, 15) is 28.7 Å². The maximum absolute atomic E-state index is 14.7. The quantitative estimate of drug-likeness (QED) is 0.140. The summed E-state index contributed by atoms with van der Waals surface area (Å²) in [6.07, 6.45) is 2.23. The van der Waals surface area contributed by atoms with Gasteiger partial charge in [0, 0.05) is 11.5 Å². The first-order valence-corrected chi connectivity index (χ1v) is 18.1. The molecule has 4 amide bonds. The summed E-state index contributed by atoms with van der Waals surface area (Å²) >= 11 is 12.6. The Bertz CT molecular complexity index is 2470. The van der Waals surface area contributed by atoms with Crippen molar-refractivity contribution in [3.05, 3.63) is 112 Å². The first kappa shape index (κ1) is 34.3. The zero-order valence-corrected chi connectivity index (χ0v) is 30.3. The van der Waals surface area contributed by atoms with E-state index in [1.165, 1.54) is 30.2 Å². The minimum atomic E-state index is -1.41. The fraction of sp³-hybridized carbons (Fsp3) is 0.244. The summed E-state index contributed by atoms with van der Waals surface area (Å²) in [6, 6.07) is 21.0. The number of phenolic OH excluding ortho intramolecular Hbond substituents is 1. The third kappa shape index (κ3) is 4.80. The van der Waals surface area contributed by atoms with E-state index in [2.05, 4.69) is 4.98 Å². The number of fused-ring (bicyclic) bond motifs is 5. The molecule has 0 bridgehead atoms. The number of allylic oxidation sites excluding steroid dienone is 2. The summed E-state index contributed by atoms with van der Waals surface area (Å²) < 4.78 is 25.6. The number of hydrogen-bond acceptors (Lipinski definition) is 8. The maximum atomic E-state index is 14.7. The van der Waals surface area contributed by atoms with Gasteiger partial charge in [0.2, 0.25) is 29.5 Å². The first-order chi connectivity index (χ1) is 25.9. The number of amides is 4. The number of ether oxygens (including phenoxy) is 1. The van der Waals surface area contributed by atoms with E-state index in [0.717, 1.165) is 11.0 Å². The number of halogens is 3. The molecule has 6 atom stereocenters. The molecule has 9 rings (SSSR count). The molecule has 3 fully saturated rings. The van der Waals surface area contributed by atoms with Gasteiger partial charge in [0.25, 0.3) is 0 Å². The van der Waals surface area contributed by atoms with E-state index in [0.29, 0.717) is 39.4 Å². The van der Waals surface area contributed by atoms with Crippen LogP contribution in [0.5, 0.6) is 11.5 Å². The Morgan fingerprint density at radius 3 is 2.35 bits per heavy atom. The zero-order valence-electron chi connectivity index (χ0n) is 28.8. The standard InChI is InChI=1S/C41H30Cl2FN3O7/c1-41-26(38(50)47(40(41)52)22-11-14-29(44)27(42)17-22)18-25-23(34(41)20-15-28(43)35(48)32(16-20)53-2)12-13-24-33(25)39(51)46(37(24)49)21-9-7-19(8-10-21)36-45-30-5-3-4-6-31(30)54-36/h3-12,14-17,24-26,33-34,48H,13,18H2,1-2H3. The predicted octanol–water partition coefficient (Wildman–Crippen LogP) is 8.09. The lowest BCUT2D eigenvalue weighted by Crippen LogP contribution is -2.48. The number of methoxy groups -OCH3 is 1. The summed E-state index contributed by atoms with van der Waals surface area (Å²) in [5.41, 5.74) is 2.30. The van der Waals surface area contributed by atoms with Gasteiger partial charge in [-0.2, -0.15) is 0 Å². The molecule has 272 valence electrons. The van der Waals surface area contributed by atoms with Crippen LogP contribution >= 0.6 is 23.2 Å². The Hall–Kier alpha value is -5.52. The van der Waals surface area contributed by atoms with Crippen molar-refractivity contribution in [2.75, 3.05) is 16.9 Å². The van der Waals surface area contributed by atoms with Gasteiger partial charge in [-0.1, -0.05) is 47.0 Å². The van der Waals surface area contributed by atoms with Gasteiger partial charge >= 0.3 is 0 Å². The molecular formula is C41H30Cl2FN3O7. The number of hydrogen-bond donors (Lipinski definition) is 1. The molecule has 6 unspecified atom stereocenters. The number of phenols is 1. The van der Waals surface area contributed by atoms with Crippen molar-refractivity contribution in [3.8, 4) is 23.0 Å². The van der Waals surface area contributed by atoms with Crippen molar-refractivity contribution < 1.29 is 37.8 Å². The van der Waals surface area contributed by atoms with Crippen LogP contribution in [0.1, 0.15) is 31.2 Å². The molecule has 2 aliphatic carbocycles. The van der Waals surface area contributed by atoms with Gasteiger partial charge in [-0.05, 0) is 98.0 Å². The monoisotopic (exact) mass is 765 g/mol. The summed E-state index contributed by atoms with van der Waals surface area (Å²) in [6.45, 7) is 1.70. The Kier molecular flexibility index (Phi) is 7.78. The van der Waals surface area contributed by atoms with Crippen molar-refractivity contribution in [2.45, 2.75) is 25.7 Å². The highest BCUT2D eigenvalue weighted by Crippen LogP contribution is 2.64. The van der Waals surface area contributed by atoms with Crippen LogP contribution in [0.2, 0.25) is 10.0 Å². The fourth-order valence-corrected chi connectivity index (χ4v) is 9.58. The summed E-state index contributed by atoms with van der Waals surface area (Å²) in [5.74, 6) is -6.28. The van der Waals surface area contributed by atoms with Gasteiger partial charge in [0.15, 0.2) is 17.1 Å². The molecule has 2 saturated heterocycles. The molecular weight excluding hydrogens is 736 g/mol. The second-order valence-electron chi connectivity index (χ2n) is 14.4. The van der Waals surface area contributed by atoms with E-state index < -0.39 is 58.5 Å². The molecule has 0 radical (unpaired) electrons. The van der Waals surface area contributed by atoms with Gasteiger partial charge in [-0.25, -0.2) is 14.3 Å². The van der Waals surface area contributed by atoms with Crippen LogP contribution in [0.3, 0.4) is 0 Å². The Morgan fingerprint density at radius 2 is 1.63 bits per heavy atom. The van der Waals surface area contributed by atoms with Crippen LogP contribution in [0.4, 0.5) is 15.8 Å². The predicted molar refractivity (Wildman–Crippen MR) is 198 cm³/mol. The number of carbonyl (C=O) groups excluding carboxylic acids is 4. The Morgan fingerprint density at radius 1 is 0.889 bits per heavy atom. The number of rotatable bonds is 5. The van der Waals surface area contributed by atoms with E-state index in [-0.39, 0.29) is 46.0 Å². The van der Waals surface area contributed by atoms with Crippen LogP contribution in [0.25, 0.3) is 22.6 Å². The number of carbonyl (C=O) groups is 4. The number of oxazole rings is 1. The van der Waals surface area contributed by atoms with Gasteiger partial charge in [-0.3, -0.25) is 24.1 Å². The molecule has 10 nitrogen and oxygen atoms in total. The van der Waals surface area contributed by atoms with Gasteiger partial charge < -0.3 is 14.3 Å². The first-order valence-electron chi connectivity index (χ1n) is 17.4. The molecule has 54 heavy (non-hydrogen) atoms. The Balaban J connectivity index is 1.12. The number of nitrogens with zero attached hydrogens (tertiary/aromatic N) is 3. The fourth-order valence-electron chi connectivity index (χ4n) is 9.18. The highest BCUT2D eigenvalue weighted by Gasteiger charge is 2.67. The van der Waals surface area contributed by atoms with E-state index in [1.54, 1.807) is 37.3 Å². The van der Waals surface area contributed by atoms with Gasteiger partial charge in [0.05, 0.1) is 51.7 Å². The van der Waals surface area contributed by atoms with Crippen LogP contribution < -0.4 is 14.5 Å². The van der Waals surface area contributed by atoms with Crippen LogP contribution in [-0.4, -0.2) is 40.8 Å². The molecule has 2 aliphatic heterocycles. The van der Waals surface area contributed by atoms with Crippen LogP contribution in [0, 0.1) is 34.9 Å². The number of aromatic hydroxyl groups is 1.